The van der Waals surface area contributed by atoms with Gasteiger partial charge < -0.3 is 4.74 Å². The van der Waals surface area contributed by atoms with Gasteiger partial charge in [-0.15, -0.1) is 10.2 Å². The first kappa shape index (κ1) is 22.0. The average molecular weight is 448 g/mol. The fourth-order valence-electron chi connectivity index (χ4n) is 3.26. The number of pyridine rings is 1. The third-order valence-corrected chi connectivity index (χ3v) is 5.91. The molecule has 0 spiro atoms. The predicted octanol–water partition coefficient (Wildman–Crippen LogP) is 4.59. The summed E-state index contributed by atoms with van der Waals surface area (Å²) in [4.78, 5) is 16.9. The molecule has 0 atom stereocenters. The summed E-state index contributed by atoms with van der Waals surface area (Å²) in [5, 5.41) is 14.1. The third-order valence-electron chi connectivity index (χ3n) is 4.98. The van der Waals surface area contributed by atoms with E-state index >= 15 is 0 Å². The van der Waals surface area contributed by atoms with Crippen LogP contribution in [-0.2, 0) is 14.9 Å². The number of esters is 1. The van der Waals surface area contributed by atoms with Crippen molar-refractivity contribution in [3.05, 3.63) is 65.5 Å². The maximum absolute atomic E-state index is 12.7. The lowest BCUT2D eigenvalue weighted by Gasteiger charge is -2.19. The van der Waals surface area contributed by atoms with Gasteiger partial charge in [-0.2, -0.15) is 9.78 Å². The van der Waals surface area contributed by atoms with E-state index < -0.39 is 5.97 Å². The molecule has 0 N–H and O–H groups in total. The maximum atomic E-state index is 12.7. The molecule has 0 aliphatic carbocycles. The Balaban J connectivity index is 1.74. The molecule has 7 nitrogen and oxygen atoms in total. The molecule has 1 aliphatic rings. The monoisotopic (exact) mass is 447 g/mol. The molecule has 0 saturated carbocycles. The van der Waals surface area contributed by atoms with Crippen molar-refractivity contribution in [3.8, 4) is 11.4 Å². The highest BCUT2D eigenvalue weighted by atomic mass is 32.2. The fraction of sp³-hybridized carbons (Fsp3) is 0.292. The minimum absolute atomic E-state index is 0.0651. The van der Waals surface area contributed by atoms with Gasteiger partial charge in [0.1, 0.15) is 0 Å². The Kier molecular flexibility index (Phi) is 6.23. The summed E-state index contributed by atoms with van der Waals surface area (Å²) in [5.74, 6) is 0.712. The van der Waals surface area contributed by atoms with Gasteiger partial charge in [0.2, 0.25) is 5.16 Å². The van der Waals surface area contributed by atoms with Crippen LogP contribution < -0.4 is 0 Å². The normalized spacial score (nSPS) is 14.0. The van der Waals surface area contributed by atoms with Gasteiger partial charge >= 0.3 is 5.97 Å². The summed E-state index contributed by atoms with van der Waals surface area (Å²) in [6.45, 7) is 8.61. The molecule has 164 valence electrons. The fourth-order valence-corrected chi connectivity index (χ4v) is 4.08. The van der Waals surface area contributed by atoms with E-state index in [2.05, 4.69) is 48.1 Å². The summed E-state index contributed by atoms with van der Waals surface area (Å²) in [6, 6.07) is 12.0. The molecule has 0 saturated heterocycles. The molecule has 3 aromatic rings. The lowest BCUT2D eigenvalue weighted by molar-refractivity contribution is -0.137. The van der Waals surface area contributed by atoms with Crippen molar-refractivity contribution < 1.29 is 9.53 Å². The van der Waals surface area contributed by atoms with Crippen LogP contribution in [0, 0.1) is 0 Å². The summed E-state index contributed by atoms with van der Waals surface area (Å²) >= 11 is 1.49. The molecular weight excluding hydrogens is 422 g/mol. The van der Waals surface area contributed by atoms with E-state index in [1.54, 1.807) is 30.1 Å². The Bertz CT molecular complexity index is 1180. The van der Waals surface area contributed by atoms with Crippen molar-refractivity contribution in [3.63, 3.8) is 0 Å². The molecule has 8 heteroatoms. The Morgan fingerprint density at radius 3 is 2.62 bits per heavy atom. The van der Waals surface area contributed by atoms with Gasteiger partial charge in [0.15, 0.2) is 5.82 Å². The van der Waals surface area contributed by atoms with Gasteiger partial charge in [-0.1, -0.05) is 62.9 Å². The zero-order valence-corrected chi connectivity index (χ0v) is 19.4. The van der Waals surface area contributed by atoms with Crippen LogP contribution in [0.1, 0.15) is 38.8 Å². The van der Waals surface area contributed by atoms with E-state index in [4.69, 9.17) is 9.84 Å². The van der Waals surface area contributed by atoms with Crippen LogP contribution in [0.4, 0.5) is 0 Å². The van der Waals surface area contributed by atoms with Gasteiger partial charge in [0.05, 0.1) is 17.9 Å². The van der Waals surface area contributed by atoms with Crippen LogP contribution >= 0.6 is 11.8 Å². The highest BCUT2D eigenvalue weighted by Gasteiger charge is 2.26. The minimum Gasteiger partial charge on any atom is -0.462 e. The quantitative estimate of drug-likeness (QED) is 0.420. The second kappa shape index (κ2) is 9.08. The summed E-state index contributed by atoms with van der Waals surface area (Å²) in [6.07, 6.45) is 5.15. The largest absolute Gasteiger partial charge is 0.462 e. The van der Waals surface area contributed by atoms with Crippen LogP contribution in [0.25, 0.3) is 17.5 Å². The molecule has 32 heavy (non-hydrogen) atoms. The first-order valence-corrected chi connectivity index (χ1v) is 11.4. The summed E-state index contributed by atoms with van der Waals surface area (Å²) in [7, 11) is 0. The SMILES string of the molecule is CCOC(=O)C(=Cc1cccnc1)C1=Nn2c(nnc2-c2ccc(C(C)(C)C)cc2)SC1. The van der Waals surface area contributed by atoms with Crippen molar-refractivity contribution in [2.75, 3.05) is 12.4 Å². The van der Waals surface area contributed by atoms with Gasteiger partial charge in [-0.3, -0.25) is 4.98 Å². The van der Waals surface area contributed by atoms with E-state index in [-0.39, 0.29) is 12.0 Å². The highest BCUT2D eigenvalue weighted by Crippen LogP contribution is 2.30. The van der Waals surface area contributed by atoms with E-state index in [1.807, 2.05) is 24.3 Å². The van der Waals surface area contributed by atoms with Crippen LogP contribution in [-0.4, -0.2) is 43.9 Å². The topological polar surface area (TPSA) is 82.3 Å². The Morgan fingerprint density at radius 2 is 1.97 bits per heavy atom. The minimum atomic E-state index is -0.414. The standard InChI is InChI=1S/C24H25N5O2S/c1-5-31-22(30)19(13-16-7-6-12-25-14-16)20-15-32-23-27-26-21(29(23)28-20)17-8-10-18(11-9-17)24(2,3)4/h6-14H,5,15H2,1-4H3. The van der Waals surface area contributed by atoms with E-state index in [0.29, 0.717) is 28.0 Å². The zero-order chi connectivity index (χ0) is 22.7. The van der Waals surface area contributed by atoms with Crippen molar-refractivity contribution in [1.29, 1.82) is 0 Å². The number of thioether (sulfide) groups is 1. The van der Waals surface area contributed by atoms with Gasteiger partial charge in [0, 0.05) is 23.7 Å². The van der Waals surface area contributed by atoms with Crippen LogP contribution in [0.3, 0.4) is 0 Å². The molecule has 0 amide bonds. The van der Waals surface area contributed by atoms with Gasteiger partial charge in [-0.05, 0) is 35.6 Å². The number of fused-ring (bicyclic) bond motifs is 1. The van der Waals surface area contributed by atoms with Crippen molar-refractivity contribution in [2.45, 2.75) is 38.3 Å². The molecule has 0 bridgehead atoms. The van der Waals surface area contributed by atoms with E-state index in [1.165, 1.54) is 17.3 Å². The van der Waals surface area contributed by atoms with Crippen molar-refractivity contribution in [2.24, 2.45) is 5.10 Å². The Hall–Kier alpha value is -3.26. The Morgan fingerprint density at radius 1 is 1.19 bits per heavy atom. The number of hydrogen-bond donors (Lipinski definition) is 0. The van der Waals surface area contributed by atoms with Crippen LogP contribution in [0.5, 0.6) is 0 Å². The second-order valence-corrected chi connectivity index (χ2v) is 9.29. The van der Waals surface area contributed by atoms with Crippen LogP contribution in [0.2, 0.25) is 0 Å². The molecule has 0 radical (unpaired) electrons. The van der Waals surface area contributed by atoms with Crippen molar-refractivity contribution in [1.82, 2.24) is 19.9 Å². The maximum Gasteiger partial charge on any atom is 0.340 e. The second-order valence-electron chi connectivity index (χ2n) is 8.35. The molecule has 4 rings (SSSR count). The Labute approximate surface area is 191 Å². The number of carbonyl (C=O) groups excluding carboxylic acids is 1. The molecule has 0 fully saturated rings. The smallest absolute Gasteiger partial charge is 0.340 e. The number of benzene rings is 1. The third kappa shape index (κ3) is 4.65. The van der Waals surface area contributed by atoms with Gasteiger partial charge in [-0.25, -0.2) is 4.79 Å². The van der Waals surface area contributed by atoms with Crippen molar-refractivity contribution >= 4 is 29.5 Å². The highest BCUT2D eigenvalue weighted by molar-refractivity contribution is 7.99. The molecule has 1 aliphatic heterocycles. The number of carbonyl (C=O) groups is 1. The number of hydrogen-bond acceptors (Lipinski definition) is 7. The van der Waals surface area contributed by atoms with E-state index in [0.717, 1.165) is 11.1 Å². The summed E-state index contributed by atoms with van der Waals surface area (Å²) in [5.41, 5.74) is 4.03. The van der Waals surface area contributed by atoms with Gasteiger partial charge in [0.25, 0.3) is 0 Å². The van der Waals surface area contributed by atoms with Crippen LogP contribution in [0.15, 0.2) is 64.6 Å². The molecule has 0 unspecified atom stereocenters. The number of nitrogens with zero attached hydrogens (tertiary/aromatic N) is 5. The average Bonchev–Trinajstić information content (AvgIpc) is 3.21. The zero-order valence-electron chi connectivity index (χ0n) is 18.6. The summed E-state index contributed by atoms with van der Waals surface area (Å²) < 4.78 is 7.00. The lowest BCUT2D eigenvalue weighted by atomic mass is 9.87. The van der Waals surface area contributed by atoms with E-state index in [9.17, 15) is 4.79 Å². The molecular formula is C24H25N5O2S. The molecule has 2 aromatic heterocycles. The lowest BCUT2D eigenvalue weighted by Crippen LogP contribution is -2.21. The molecule has 3 heterocycles. The first-order valence-electron chi connectivity index (χ1n) is 10.4. The number of rotatable bonds is 5. The predicted molar refractivity (Wildman–Crippen MR) is 127 cm³/mol. The number of aromatic nitrogens is 4. The first-order chi connectivity index (χ1) is 15.4. The molecule has 1 aromatic carbocycles. The number of ether oxygens (including phenoxy) is 1.